The van der Waals surface area contributed by atoms with Gasteiger partial charge in [0, 0.05) is 23.7 Å². The Bertz CT molecular complexity index is 870. The summed E-state index contributed by atoms with van der Waals surface area (Å²) in [6, 6.07) is 9.72. The Kier molecular flexibility index (Phi) is 4.06. The van der Waals surface area contributed by atoms with Crippen molar-refractivity contribution >= 4 is 27.0 Å². The van der Waals surface area contributed by atoms with E-state index >= 15 is 0 Å². The molecule has 1 aliphatic carbocycles. The Morgan fingerprint density at radius 1 is 1.21 bits per heavy atom. The van der Waals surface area contributed by atoms with Crippen molar-refractivity contribution in [3.63, 3.8) is 0 Å². The van der Waals surface area contributed by atoms with Crippen molar-refractivity contribution in [1.29, 1.82) is 0 Å². The van der Waals surface area contributed by atoms with Crippen LogP contribution in [0.3, 0.4) is 0 Å². The number of pyridine rings is 3. The summed E-state index contributed by atoms with van der Waals surface area (Å²) in [4.78, 5) is 13.3. The van der Waals surface area contributed by atoms with Crippen LogP contribution < -0.4 is 9.47 Å². The Hall–Kier alpha value is -2.21. The zero-order valence-corrected chi connectivity index (χ0v) is 14.7. The average molecular weight is 386 g/mol. The third-order valence-electron chi connectivity index (χ3n) is 4.24. The summed E-state index contributed by atoms with van der Waals surface area (Å²) >= 11 is 3.51. The Morgan fingerprint density at radius 3 is 2.92 bits per heavy atom. The lowest BCUT2D eigenvalue weighted by molar-refractivity contribution is 0.284. The second-order valence-corrected chi connectivity index (χ2v) is 6.71. The van der Waals surface area contributed by atoms with Crippen LogP contribution >= 0.6 is 15.9 Å². The maximum atomic E-state index is 5.93. The van der Waals surface area contributed by atoms with Gasteiger partial charge in [-0.15, -0.1) is 0 Å². The molecule has 3 aromatic rings. The molecule has 1 saturated carbocycles. The summed E-state index contributed by atoms with van der Waals surface area (Å²) in [7, 11) is 1.65. The number of hydrogen-bond acceptors (Lipinski definition) is 5. The largest absolute Gasteiger partial charge is 0.495 e. The van der Waals surface area contributed by atoms with Gasteiger partial charge in [0.15, 0.2) is 0 Å². The van der Waals surface area contributed by atoms with Crippen molar-refractivity contribution < 1.29 is 9.47 Å². The number of rotatable bonds is 5. The van der Waals surface area contributed by atoms with Crippen LogP contribution in [0.15, 0.2) is 47.2 Å². The van der Waals surface area contributed by atoms with Crippen LogP contribution in [0.5, 0.6) is 11.6 Å². The first kappa shape index (κ1) is 15.3. The third-order valence-corrected chi connectivity index (χ3v) is 4.81. The number of ether oxygens (including phenoxy) is 2. The molecule has 3 heterocycles. The highest BCUT2D eigenvalue weighted by Crippen LogP contribution is 2.47. The van der Waals surface area contributed by atoms with Crippen LogP contribution in [0.1, 0.15) is 18.0 Å². The zero-order chi connectivity index (χ0) is 16.5. The lowest BCUT2D eigenvalue weighted by Crippen LogP contribution is -2.04. The number of halogens is 1. The van der Waals surface area contributed by atoms with Gasteiger partial charge in [0.05, 0.1) is 35.4 Å². The normalized spacial score (nSPS) is 19.2. The Labute approximate surface area is 148 Å². The molecule has 0 spiro atoms. The van der Waals surface area contributed by atoms with Gasteiger partial charge in [-0.3, -0.25) is 9.97 Å². The lowest BCUT2D eigenvalue weighted by Gasteiger charge is -2.08. The minimum atomic E-state index is 0.455. The quantitative estimate of drug-likeness (QED) is 0.664. The molecule has 0 N–H and O–H groups in total. The summed E-state index contributed by atoms with van der Waals surface area (Å²) < 4.78 is 11.9. The van der Waals surface area contributed by atoms with E-state index in [1.807, 2.05) is 30.3 Å². The molecule has 24 heavy (non-hydrogen) atoms. The summed E-state index contributed by atoms with van der Waals surface area (Å²) in [5.41, 5.74) is 2.78. The molecule has 0 saturated heterocycles. The molecule has 0 radical (unpaired) electrons. The molecule has 0 bridgehead atoms. The van der Waals surface area contributed by atoms with E-state index in [-0.39, 0.29) is 0 Å². The highest BCUT2D eigenvalue weighted by Gasteiger charge is 2.40. The highest BCUT2D eigenvalue weighted by atomic mass is 79.9. The first-order valence-electron chi connectivity index (χ1n) is 7.78. The molecule has 1 fully saturated rings. The monoisotopic (exact) mass is 385 g/mol. The molecule has 5 nitrogen and oxygen atoms in total. The van der Waals surface area contributed by atoms with Crippen molar-refractivity contribution in [1.82, 2.24) is 15.0 Å². The van der Waals surface area contributed by atoms with Gasteiger partial charge in [-0.1, -0.05) is 0 Å². The highest BCUT2D eigenvalue weighted by molar-refractivity contribution is 9.10. The second kappa shape index (κ2) is 6.36. The van der Waals surface area contributed by atoms with Crippen LogP contribution in [0.2, 0.25) is 0 Å². The van der Waals surface area contributed by atoms with E-state index in [4.69, 9.17) is 9.47 Å². The fourth-order valence-electron chi connectivity index (χ4n) is 2.77. The van der Waals surface area contributed by atoms with Crippen molar-refractivity contribution in [2.24, 2.45) is 5.92 Å². The third kappa shape index (κ3) is 3.06. The van der Waals surface area contributed by atoms with Crippen LogP contribution in [0.4, 0.5) is 0 Å². The van der Waals surface area contributed by atoms with Crippen molar-refractivity contribution in [3.8, 4) is 11.6 Å². The fourth-order valence-corrected chi connectivity index (χ4v) is 3.19. The first-order chi connectivity index (χ1) is 11.7. The molecule has 3 aromatic heterocycles. The maximum Gasteiger partial charge on any atom is 0.228 e. The van der Waals surface area contributed by atoms with Gasteiger partial charge in [-0.05, 0) is 52.7 Å². The van der Waals surface area contributed by atoms with Crippen molar-refractivity contribution in [2.75, 3.05) is 13.7 Å². The molecule has 0 aliphatic heterocycles. The molecule has 0 aromatic carbocycles. The van der Waals surface area contributed by atoms with E-state index < -0.39 is 0 Å². The van der Waals surface area contributed by atoms with Gasteiger partial charge >= 0.3 is 0 Å². The fraction of sp³-hybridized carbons (Fsp3) is 0.278. The summed E-state index contributed by atoms with van der Waals surface area (Å²) in [5, 5.41) is 0. The summed E-state index contributed by atoms with van der Waals surface area (Å²) in [6.45, 7) is 0.635. The average Bonchev–Trinajstić information content (AvgIpc) is 3.39. The number of hydrogen-bond donors (Lipinski definition) is 0. The number of fused-ring (bicyclic) bond motifs is 1. The predicted molar refractivity (Wildman–Crippen MR) is 94.4 cm³/mol. The van der Waals surface area contributed by atoms with Crippen molar-refractivity contribution in [2.45, 2.75) is 12.3 Å². The number of aromatic nitrogens is 3. The van der Waals surface area contributed by atoms with Crippen LogP contribution in [0, 0.1) is 5.92 Å². The molecule has 2 atom stereocenters. The molecule has 1 aliphatic rings. The Morgan fingerprint density at radius 2 is 2.12 bits per heavy atom. The number of nitrogens with zero attached hydrogens (tertiary/aromatic N) is 3. The van der Waals surface area contributed by atoms with Gasteiger partial charge in [-0.2, -0.15) is 0 Å². The SMILES string of the molecule is COc1ccc(C2CC2COc2nc3cccnc3cc2Br)nc1. The smallest absolute Gasteiger partial charge is 0.228 e. The summed E-state index contributed by atoms with van der Waals surface area (Å²) in [5.74, 6) is 2.33. The van der Waals surface area contributed by atoms with E-state index in [2.05, 4.69) is 30.9 Å². The second-order valence-electron chi connectivity index (χ2n) is 5.85. The number of methoxy groups -OCH3 is 1. The Balaban J connectivity index is 1.42. The summed E-state index contributed by atoms with van der Waals surface area (Å²) in [6.07, 6.45) is 4.61. The topological polar surface area (TPSA) is 57.1 Å². The van der Waals surface area contributed by atoms with E-state index in [0.717, 1.165) is 33.4 Å². The minimum absolute atomic E-state index is 0.455. The molecular weight excluding hydrogens is 370 g/mol. The molecule has 2 unspecified atom stereocenters. The van der Waals surface area contributed by atoms with Crippen LogP contribution in [-0.4, -0.2) is 28.7 Å². The van der Waals surface area contributed by atoms with E-state index in [9.17, 15) is 0 Å². The van der Waals surface area contributed by atoms with Gasteiger partial charge < -0.3 is 9.47 Å². The standard InChI is InChI=1S/C18H16BrN3O2/c1-23-12-4-5-15(21-9-12)13-7-11(13)10-24-18-14(19)8-17-16(22-18)3-2-6-20-17/h2-6,8-9,11,13H,7,10H2,1H3. The van der Waals surface area contributed by atoms with Crippen molar-refractivity contribution in [3.05, 3.63) is 52.9 Å². The van der Waals surface area contributed by atoms with Crippen LogP contribution in [-0.2, 0) is 0 Å². The molecule has 0 amide bonds. The lowest BCUT2D eigenvalue weighted by atomic mass is 10.2. The molecule has 4 rings (SSSR count). The van der Waals surface area contributed by atoms with Gasteiger partial charge in [0.1, 0.15) is 5.75 Å². The molecule has 122 valence electrons. The predicted octanol–water partition coefficient (Wildman–Crippen LogP) is 3.98. The maximum absolute atomic E-state index is 5.93. The molecule has 6 heteroatoms. The van der Waals surface area contributed by atoms with E-state index in [1.54, 1.807) is 19.5 Å². The minimum Gasteiger partial charge on any atom is -0.495 e. The van der Waals surface area contributed by atoms with Gasteiger partial charge in [0.2, 0.25) is 5.88 Å². The van der Waals surface area contributed by atoms with E-state index in [1.165, 1.54) is 0 Å². The van der Waals surface area contributed by atoms with Gasteiger partial charge in [0.25, 0.3) is 0 Å². The first-order valence-corrected chi connectivity index (χ1v) is 8.58. The zero-order valence-electron chi connectivity index (χ0n) is 13.1. The molecular formula is C18H16BrN3O2. The van der Waals surface area contributed by atoms with E-state index in [0.29, 0.717) is 24.3 Å². The van der Waals surface area contributed by atoms with Gasteiger partial charge in [-0.25, -0.2) is 4.98 Å². The van der Waals surface area contributed by atoms with Crippen LogP contribution in [0.25, 0.3) is 11.0 Å².